The van der Waals surface area contributed by atoms with E-state index in [1.54, 1.807) is 5.01 Å². The van der Waals surface area contributed by atoms with Crippen LogP contribution in [0.25, 0.3) is 11.1 Å². The Balaban J connectivity index is 1.52. The van der Waals surface area contributed by atoms with Crippen molar-refractivity contribution < 1.29 is 4.79 Å². The molecule has 0 saturated heterocycles. The molecule has 3 heteroatoms. The van der Waals surface area contributed by atoms with Crippen LogP contribution in [-0.2, 0) is 11.2 Å². The molecule has 0 N–H and O–H groups in total. The Morgan fingerprint density at radius 1 is 0.808 bits per heavy atom. The molecular formula is C23H20N2O. The minimum Gasteiger partial charge on any atom is -0.277 e. The highest BCUT2D eigenvalue weighted by Crippen LogP contribution is 2.24. The molecule has 0 radical (unpaired) electrons. The number of hydrogen-bond acceptors (Lipinski definition) is 2. The van der Waals surface area contributed by atoms with Crippen molar-refractivity contribution in [3.05, 3.63) is 96.1 Å². The monoisotopic (exact) mass is 340 g/mol. The van der Waals surface area contributed by atoms with Gasteiger partial charge in [-0.25, -0.2) is 5.01 Å². The number of carbonyl (C=O) groups is 1. The highest BCUT2D eigenvalue weighted by Gasteiger charge is 2.27. The van der Waals surface area contributed by atoms with Crippen molar-refractivity contribution in [2.75, 3.05) is 0 Å². The zero-order valence-electron chi connectivity index (χ0n) is 14.5. The molecule has 128 valence electrons. The van der Waals surface area contributed by atoms with Crippen LogP contribution in [0.5, 0.6) is 0 Å². The molecule has 1 aliphatic heterocycles. The van der Waals surface area contributed by atoms with Crippen molar-refractivity contribution in [2.45, 2.75) is 18.9 Å². The molecule has 0 saturated carbocycles. The zero-order valence-corrected chi connectivity index (χ0v) is 14.5. The lowest BCUT2D eigenvalue weighted by Crippen LogP contribution is -2.27. The first-order valence-corrected chi connectivity index (χ1v) is 8.84. The second kappa shape index (κ2) is 7.36. The molecule has 1 aliphatic rings. The van der Waals surface area contributed by atoms with E-state index in [2.05, 4.69) is 53.6 Å². The molecule has 1 amide bonds. The quantitative estimate of drug-likeness (QED) is 0.628. The summed E-state index contributed by atoms with van der Waals surface area (Å²) in [5.41, 5.74) is 5.65. The van der Waals surface area contributed by atoms with Gasteiger partial charge in [-0.3, -0.25) is 4.79 Å². The Kier molecular flexibility index (Phi) is 4.61. The van der Waals surface area contributed by atoms with E-state index in [0.29, 0.717) is 0 Å². The van der Waals surface area contributed by atoms with Crippen molar-refractivity contribution >= 4 is 12.1 Å². The zero-order chi connectivity index (χ0) is 17.8. The second-order valence-electron chi connectivity index (χ2n) is 6.52. The maximum absolute atomic E-state index is 11.4. The summed E-state index contributed by atoms with van der Waals surface area (Å²) in [7, 11) is 0. The molecule has 3 aromatic rings. The highest BCUT2D eigenvalue weighted by atomic mass is 16.1. The molecule has 1 atom stereocenters. The molecule has 4 rings (SSSR count). The lowest BCUT2D eigenvalue weighted by atomic mass is 9.97. The van der Waals surface area contributed by atoms with Crippen LogP contribution in [-0.4, -0.2) is 23.2 Å². The molecule has 1 unspecified atom stereocenters. The first kappa shape index (κ1) is 16.3. The molecular weight excluding hydrogens is 320 g/mol. The molecule has 0 aliphatic carbocycles. The molecule has 0 aromatic heterocycles. The van der Waals surface area contributed by atoms with Crippen molar-refractivity contribution in [3.8, 4) is 11.1 Å². The van der Waals surface area contributed by atoms with Gasteiger partial charge in [-0.2, -0.15) is 5.10 Å². The molecule has 3 nitrogen and oxygen atoms in total. The van der Waals surface area contributed by atoms with E-state index in [1.807, 2.05) is 36.4 Å². The van der Waals surface area contributed by atoms with E-state index in [9.17, 15) is 4.79 Å². The minimum atomic E-state index is 0.0821. The van der Waals surface area contributed by atoms with Crippen LogP contribution in [0.3, 0.4) is 0 Å². The fraction of sp³-hybridized carbons (Fsp3) is 0.130. The van der Waals surface area contributed by atoms with Gasteiger partial charge in [-0.05, 0) is 28.7 Å². The number of hydrazone groups is 1. The second-order valence-corrected chi connectivity index (χ2v) is 6.52. The van der Waals surface area contributed by atoms with Crippen LogP contribution >= 0.6 is 0 Å². The number of amides is 1. The predicted molar refractivity (Wildman–Crippen MR) is 105 cm³/mol. The summed E-state index contributed by atoms with van der Waals surface area (Å²) < 4.78 is 0. The maximum Gasteiger partial charge on any atom is 0.230 e. The van der Waals surface area contributed by atoms with Gasteiger partial charge in [0.25, 0.3) is 0 Å². The third kappa shape index (κ3) is 3.42. The average Bonchev–Trinajstić information content (AvgIpc) is 3.12. The van der Waals surface area contributed by atoms with Gasteiger partial charge in [0.1, 0.15) is 0 Å². The van der Waals surface area contributed by atoms with E-state index in [0.717, 1.165) is 30.5 Å². The maximum atomic E-state index is 11.4. The largest absolute Gasteiger partial charge is 0.277 e. The molecule has 1 heterocycles. The van der Waals surface area contributed by atoms with Gasteiger partial charge in [0, 0.05) is 6.42 Å². The van der Waals surface area contributed by atoms with Crippen LogP contribution < -0.4 is 0 Å². The van der Waals surface area contributed by atoms with Gasteiger partial charge in [0.2, 0.25) is 6.41 Å². The van der Waals surface area contributed by atoms with Gasteiger partial charge in [0.05, 0.1) is 11.8 Å². The third-order valence-corrected chi connectivity index (χ3v) is 4.79. The topological polar surface area (TPSA) is 32.7 Å². The Hall–Kier alpha value is -3.20. The lowest BCUT2D eigenvalue weighted by molar-refractivity contribution is -0.119. The lowest BCUT2D eigenvalue weighted by Gasteiger charge is -2.16. The number of rotatable bonds is 5. The number of carbonyl (C=O) groups excluding carboxylic acids is 1. The summed E-state index contributed by atoms with van der Waals surface area (Å²) >= 11 is 0. The summed E-state index contributed by atoms with van der Waals surface area (Å²) in [6.07, 6.45) is 2.42. The Morgan fingerprint density at radius 2 is 1.38 bits per heavy atom. The standard InChI is InChI=1S/C23H20N2O/c26-17-25-22(15-18-7-3-1-4-8-18)16-23(24-25)21-13-11-20(12-14-21)19-9-5-2-6-10-19/h1-14,17,22H,15-16H2. The van der Waals surface area contributed by atoms with Gasteiger partial charge in [-0.15, -0.1) is 0 Å². The van der Waals surface area contributed by atoms with Crippen molar-refractivity contribution in [1.29, 1.82) is 0 Å². The summed E-state index contributed by atoms with van der Waals surface area (Å²) in [5.74, 6) is 0. The fourth-order valence-corrected chi connectivity index (χ4v) is 3.40. The Labute approximate surface area is 153 Å². The molecule has 0 fully saturated rings. The molecule has 26 heavy (non-hydrogen) atoms. The van der Waals surface area contributed by atoms with Crippen LogP contribution in [0, 0.1) is 0 Å². The fourth-order valence-electron chi connectivity index (χ4n) is 3.40. The first-order valence-electron chi connectivity index (χ1n) is 8.84. The van der Waals surface area contributed by atoms with Gasteiger partial charge in [-0.1, -0.05) is 84.9 Å². The summed E-state index contributed by atoms with van der Waals surface area (Å²) in [6.45, 7) is 0. The first-order chi connectivity index (χ1) is 12.8. The van der Waals surface area contributed by atoms with Crippen LogP contribution in [0.2, 0.25) is 0 Å². The third-order valence-electron chi connectivity index (χ3n) is 4.79. The van der Waals surface area contributed by atoms with Gasteiger partial charge in [0.15, 0.2) is 0 Å². The van der Waals surface area contributed by atoms with Crippen LogP contribution in [0.15, 0.2) is 90.0 Å². The number of benzene rings is 3. The molecule has 3 aromatic carbocycles. The van der Waals surface area contributed by atoms with Crippen LogP contribution in [0.1, 0.15) is 17.5 Å². The smallest absolute Gasteiger partial charge is 0.230 e. The Bertz CT molecular complexity index is 902. The van der Waals surface area contributed by atoms with E-state index in [1.165, 1.54) is 16.7 Å². The SMILES string of the molecule is O=CN1N=C(c2ccc(-c3ccccc3)cc2)CC1Cc1ccccc1. The van der Waals surface area contributed by atoms with Gasteiger partial charge >= 0.3 is 0 Å². The number of hydrogen-bond donors (Lipinski definition) is 0. The highest BCUT2D eigenvalue weighted by molar-refractivity contribution is 6.02. The summed E-state index contributed by atoms with van der Waals surface area (Å²) in [4.78, 5) is 11.4. The van der Waals surface area contributed by atoms with Crippen molar-refractivity contribution in [2.24, 2.45) is 5.10 Å². The molecule has 0 bridgehead atoms. The van der Waals surface area contributed by atoms with Gasteiger partial charge < -0.3 is 0 Å². The molecule has 0 spiro atoms. The van der Waals surface area contributed by atoms with E-state index in [-0.39, 0.29) is 6.04 Å². The summed E-state index contributed by atoms with van der Waals surface area (Å²) in [5, 5.41) is 6.10. The van der Waals surface area contributed by atoms with Crippen molar-refractivity contribution in [1.82, 2.24) is 5.01 Å². The van der Waals surface area contributed by atoms with E-state index >= 15 is 0 Å². The normalized spacial score (nSPS) is 16.4. The number of nitrogens with zero attached hydrogens (tertiary/aromatic N) is 2. The Morgan fingerprint density at radius 3 is 2.04 bits per heavy atom. The van der Waals surface area contributed by atoms with Crippen LogP contribution in [0.4, 0.5) is 0 Å². The predicted octanol–water partition coefficient (Wildman–Crippen LogP) is 4.53. The summed E-state index contributed by atoms with van der Waals surface area (Å²) in [6, 6.07) is 29.1. The van der Waals surface area contributed by atoms with E-state index < -0.39 is 0 Å². The van der Waals surface area contributed by atoms with E-state index in [4.69, 9.17) is 0 Å². The average molecular weight is 340 g/mol. The van der Waals surface area contributed by atoms with Crippen molar-refractivity contribution in [3.63, 3.8) is 0 Å². The minimum absolute atomic E-state index is 0.0821.